The summed E-state index contributed by atoms with van der Waals surface area (Å²) in [6, 6.07) is 0. The number of nitrogens with one attached hydrogen (secondary N) is 1. The average Bonchev–Trinajstić information content (AvgIpc) is 2.30. The fraction of sp³-hybridized carbons (Fsp3) is 0.818. The number of rotatable bonds is 4. The summed E-state index contributed by atoms with van der Waals surface area (Å²) in [5.74, 6) is -0.340. The largest absolute Gasteiger partial charge is 0.466 e. The van der Waals surface area contributed by atoms with Gasteiger partial charge in [0.2, 0.25) is 0 Å². The summed E-state index contributed by atoms with van der Waals surface area (Å²) >= 11 is 0. The molecule has 6 heteroatoms. The van der Waals surface area contributed by atoms with Crippen molar-refractivity contribution in [3.05, 3.63) is 0 Å². The van der Waals surface area contributed by atoms with Gasteiger partial charge in [-0.1, -0.05) is 0 Å². The molecule has 1 aliphatic heterocycles. The van der Waals surface area contributed by atoms with Crippen LogP contribution in [0.3, 0.4) is 0 Å². The fourth-order valence-corrected chi connectivity index (χ4v) is 1.59. The molecular weight excluding hydrogens is 224 g/mol. The standard InChI is InChI=1S/C11H20N2O4/c1-3-16-10(14)8-9(2)17-11(15)13-6-4-12-5-7-13/h9,12H,3-8H2,1-2H3. The van der Waals surface area contributed by atoms with E-state index >= 15 is 0 Å². The Bertz CT molecular complexity index is 264. The third-order valence-electron chi connectivity index (χ3n) is 2.44. The van der Waals surface area contributed by atoms with Crippen LogP contribution >= 0.6 is 0 Å². The zero-order valence-electron chi connectivity index (χ0n) is 10.4. The van der Waals surface area contributed by atoms with E-state index in [-0.39, 0.29) is 18.5 Å². The SMILES string of the molecule is CCOC(=O)CC(C)OC(=O)N1CCNCC1. The van der Waals surface area contributed by atoms with E-state index in [9.17, 15) is 9.59 Å². The van der Waals surface area contributed by atoms with Gasteiger partial charge in [0.25, 0.3) is 0 Å². The van der Waals surface area contributed by atoms with Crippen molar-refractivity contribution in [3.8, 4) is 0 Å². The number of hydrogen-bond acceptors (Lipinski definition) is 5. The van der Waals surface area contributed by atoms with E-state index in [2.05, 4.69) is 5.32 Å². The molecule has 1 amide bonds. The van der Waals surface area contributed by atoms with E-state index in [0.717, 1.165) is 13.1 Å². The highest BCUT2D eigenvalue weighted by Gasteiger charge is 2.21. The summed E-state index contributed by atoms with van der Waals surface area (Å²) in [5, 5.41) is 3.15. The van der Waals surface area contributed by atoms with Gasteiger partial charge in [-0.25, -0.2) is 4.79 Å². The summed E-state index contributed by atoms with van der Waals surface area (Å²) in [5.41, 5.74) is 0. The van der Waals surface area contributed by atoms with Crippen LogP contribution in [-0.4, -0.2) is 55.9 Å². The lowest BCUT2D eigenvalue weighted by Gasteiger charge is -2.27. The highest BCUT2D eigenvalue weighted by atomic mass is 16.6. The van der Waals surface area contributed by atoms with Crippen molar-refractivity contribution in [2.45, 2.75) is 26.4 Å². The molecule has 98 valence electrons. The van der Waals surface area contributed by atoms with Gasteiger partial charge in [0, 0.05) is 26.2 Å². The maximum absolute atomic E-state index is 11.7. The first-order chi connectivity index (χ1) is 8.13. The number of nitrogens with zero attached hydrogens (tertiary/aromatic N) is 1. The topological polar surface area (TPSA) is 67.9 Å². The molecule has 0 radical (unpaired) electrons. The maximum Gasteiger partial charge on any atom is 0.410 e. The van der Waals surface area contributed by atoms with Gasteiger partial charge in [-0.05, 0) is 13.8 Å². The van der Waals surface area contributed by atoms with Crippen LogP contribution < -0.4 is 5.32 Å². The minimum atomic E-state index is -0.448. The van der Waals surface area contributed by atoms with Gasteiger partial charge in [-0.15, -0.1) is 0 Å². The van der Waals surface area contributed by atoms with Crippen LogP contribution in [0.15, 0.2) is 0 Å². The summed E-state index contributed by atoms with van der Waals surface area (Å²) in [7, 11) is 0. The third-order valence-corrected chi connectivity index (χ3v) is 2.44. The lowest BCUT2D eigenvalue weighted by atomic mass is 10.3. The molecule has 0 aromatic rings. The quantitative estimate of drug-likeness (QED) is 0.724. The lowest BCUT2D eigenvalue weighted by molar-refractivity contribution is -0.145. The number of carbonyl (C=O) groups excluding carboxylic acids is 2. The second-order valence-corrected chi connectivity index (χ2v) is 3.94. The highest BCUT2D eigenvalue weighted by molar-refractivity contribution is 5.71. The van der Waals surface area contributed by atoms with Gasteiger partial charge < -0.3 is 19.7 Å². The molecule has 1 heterocycles. The Labute approximate surface area is 101 Å². The maximum atomic E-state index is 11.7. The number of ether oxygens (including phenoxy) is 2. The monoisotopic (exact) mass is 244 g/mol. The summed E-state index contributed by atoms with van der Waals surface area (Å²) in [6.07, 6.45) is -0.703. The van der Waals surface area contributed by atoms with Crippen LogP contribution in [0.4, 0.5) is 4.79 Å². The Hall–Kier alpha value is -1.30. The lowest BCUT2D eigenvalue weighted by Crippen LogP contribution is -2.47. The first kappa shape index (κ1) is 13.8. The van der Waals surface area contributed by atoms with E-state index in [1.54, 1.807) is 18.7 Å². The number of esters is 1. The molecule has 1 atom stereocenters. The molecular formula is C11H20N2O4. The minimum Gasteiger partial charge on any atom is -0.466 e. The van der Waals surface area contributed by atoms with Crippen LogP contribution in [0.25, 0.3) is 0 Å². The Morgan fingerprint density at radius 1 is 1.35 bits per heavy atom. The van der Waals surface area contributed by atoms with Gasteiger partial charge in [0.1, 0.15) is 6.10 Å². The molecule has 1 rings (SSSR count). The number of carbonyl (C=O) groups is 2. The molecule has 0 aromatic heterocycles. The van der Waals surface area contributed by atoms with Crippen LogP contribution in [0.2, 0.25) is 0 Å². The van der Waals surface area contributed by atoms with Gasteiger partial charge >= 0.3 is 12.1 Å². The third kappa shape index (κ3) is 5.04. The highest BCUT2D eigenvalue weighted by Crippen LogP contribution is 2.04. The van der Waals surface area contributed by atoms with Crippen molar-refractivity contribution in [1.29, 1.82) is 0 Å². The number of amides is 1. The van der Waals surface area contributed by atoms with Crippen LogP contribution in [0, 0.1) is 0 Å². The molecule has 1 fully saturated rings. The number of hydrogen-bond donors (Lipinski definition) is 1. The molecule has 0 aliphatic carbocycles. The van der Waals surface area contributed by atoms with Gasteiger partial charge in [0.15, 0.2) is 0 Å². The van der Waals surface area contributed by atoms with Crippen molar-refractivity contribution in [2.24, 2.45) is 0 Å². The second-order valence-electron chi connectivity index (χ2n) is 3.94. The molecule has 0 spiro atoms. The Kier molecular flexibility index (Phi) is 5.76. The van der Waals surface area contributed by atoms with Gasteiger partial charge in [-0.3, -0.25) is 4.79 Å². The van der Waals surface area contributed by atoms with Gasteiger partial charge in [-0.2, -0.15) is 0 Å². The Balaban J connectivity index is 2.26. The molecule has 6 nitrogen and oxygen atoms in total. The van der Waals surface area contributed by atoms with Crippen molar-refractivity contribution < 1.29 is 19.1 Å². The molecule has 1 aliphatic rings. The van der Waals surface area contributed by atoms with Crippen molar-refractivity contribution >= 4 is 12.1 Å². The Morgan fingerprint density at radius 2 is 2.00 bits per heavy atom. The van der Waals surface area contributed by atoms with Crippen LogP contribution in [0.5, 0.6) is 0 Å². The zero-order chi connectivity index (χ0) is 12.7. The predicted octanol–water partition coefficient (Wildman–Crippen LogP) is 0.370. The smallest absolute Gasteiger partial charge is 0.410 e. The molecule has 0 aromatic carbocycles. The predicted molar refractivity (Wildman–Crippen MR) is 61.6 cm³/mol. The molecule has 0 bridgehead atoms. The average molecular weight is 244 g/mol. The summed E-state index contributed by atoms with van der Waals surface area (Å²) in [6.45, 7) is 6.63. The summed E-state index contributed by atoms with van der Waals surface area (Å²) < 4.78 is 9.95. The first-order valence-corrected chi connectivity index (χ1v) is 5.95. The van der Waals surface area contributed by atoms with E-state index in [0.29, 0.717) is 19.7 Å². The number of piperazine rings is 1. The van der Waals surface area contributed by atoms with Crippen LogP contribution in [0.1, 0.15) is 20.3 Å². The first-order valence-electron chi connectivity index (χ1n) is 5.95. The molecule has 1 saturated heterocycles. The van der Waals surface area contributed by atoms with E-state index < -0.39 is 6.10 Å². The van der Waals surface area contributed by atoms with Crippen molar-refractivity contribution in [3.63, 3.8) is 0 Å². The van der Waals surface area contributed by atoms with E-state index in [1.807, 2.05) is 0 Å². The van der Waals surface area contributed by atoms with Gasteiger partial charge in [0.05, 0.1) is 13.0 Å². The molecule has 1 unspecified atom stereocenters. The van der Waals surface area contributed by atoms with Crippen molar-refractivity contribution in [1.82, 2.24) is 10.2 Å². The fourth-order valence-electron chi connectivity index (χ4n) is 1.59. The second kappa shape index (κ2) is 7.11. The summed E-state index contributed by atoms with van der Waals surface area (Å²) in [4.78, 5) is 24.5. The molecule has 1 N–H and O–H groups in total. The van der Waals surface area contributed by atoms with Crippen LogP contribution in [-0.2, 0) is 14.3 Å². The van der Waals surface area contributed by atoms with Crippen molar-refractivity contribution in [2.75, 3.05) is 32.8 Å². The Morgan fingerprint density at radius 3 is 2.59 bits per heavy atom. The molecule has 17 heavy (non-hydrogen) atoms. The normalized spacial score (nSPS) is 17.4. The van der Waals surface area contributed by atoms with E-state index in [1.165, 1.54) is 0 Å². The minimum absolute atomic E-state index is 0.103. The zero-order valence-corrected chi connectivity index (χ0v) is 10.4. The van der Waals surface area contributed by atoms with E-state index in [4.69, 9.17) is 9.47 Å². The molecule has 0 saturated carbocycles.